The minimum absolute atomic E-state index is 0. The van der Waals surface area contributed by atoms with E-state index in [2.05, 4.69) is 16.6 Å². The first-order valence-corrected chi connectivity index (χ1v) is 7.97. The zero-order valence-corrected chi connectivity index (χ0v) is 13.1. The van der Waals surface area contributed by atoms with Gasteiger partial charge in [0.1, 0.15) is 0 Å². The fourth-order valence-corrected chi connectivity index (χ4v) is 3.36. The SMILES string of the molecule is C=CCCS(=O)(=O)NCC1(COC)CCNCC1.Cl. The standard InChI is InChI=1S/C12H24N2O3S.ClH/c1-3-4-9-18(15,16)14-10-12(11-17-2)5-7-13-8-6-12;/h3,13-14H,1,4-11H2,2H3;1H. The average molecular weight is 313 g/mol. The Morgan fingerprint density at radius 2 is 2.05 bits per heavy atom. The third-order valence-corrected chi connectivity index (χ3v) is 4.73. The molecule has 0 atom stereocenters. The molecule has 0 aromatic rings. The molecule has 1 heterocycles. The fourth-order valence-electron chi connectivity index (χ4n) is 2.21. The number of halogens is 1. The third-order valence-electron chi connectivity index (χ3n) is 3.37. The van der Waals surface area contributed by atoms with E-state index in [1.807, 2.05) is 0 Å². The number of hydrogen-bond donors (Lipinski definition) is 2. The van der Waals surface area contributed by atoms with E-state index in [1.54, 1.807) is 13.2 Å². The van der Waals surface area contributed by atoms with Gasteiger partial charge in [-0.2, -0.15) is 0 Å². The molecule has 19 heavy (non-hydrogen) atoms. The summed E-state index contributed by atoms with van der Waals surface area (Å²) in [6.45, 7) is 6.42. The lowest BCUT2D eigenvalue weighted by Crippen LogP contribution is -2.47. The maximum Gasteiger partial charge on any atom is 0.211 e. The Morgan fingerprint density at radius 1 is 1.42 bits per heavy atom. The Labute approximate surface area is 122 Å². The number of ether oxygens (including phenoxy) is 1. The molecule has 2 N–H and O–H groups in total. The van der Waals surface area contributed by atoms with Crippen molar-refractivity contribution in [2.75, 3.05) is 39.1 Å². The van der Waals surface area contributed by atoms with Crippen molar-refractivity contribution in [3.63, 3.8) is 0 Å². The number of rotatable bonds is 8. The van der Waals surface area contributed by atoms with Crippen LogP contribution in [0.15, 0.2) is 12.7 Å². The summed E-state index contributed by atoms with van der Waals surface area (Å²) in [6, 6.07) is 0. The molecule has 0 saturated carbocycles. The second-order valence-corrected chi connectivity index (χ2v) is 6.83. The highest BCUT2D eigenvalue weighted by Crippen LogP contribution is 2.28. The van der Waals surface area contributed by atoms with Crippen molar-refractivity contribution in [1.29, 1.82) is 0 Å². The van der Waals surface area contributed by atoms with Crippen molar-refractivity contribution in [1.82, 2.24) is 10.0 Å². The average Bonchev–Trinajstić information content (AvgIpc) is 2.36. The van der Waals surface area contributed by atoms with E-state index >= 15 is 0 Å². The molecular formula is C12H25ClN2O3S. The van der Waals surface area contributed by atoms with Gasteiger partial charge in [-0.15, -0.1) is 19.0 Å². The zero-order chi connectivity index (χ0) is 13.5. The topological polar surface area (TPSA) is 67.4 Å². The molecule has 0 bridgehead atoms. The second-order valence-electron chi connectivity index (χ2n) is 4.90. The molecule has 0 aromatic carbocycles. The van der Waals surface area contributed by atoms with Crippen LogP contribution in [0.1, 0.15) is 19.3 Å². The molecule has 7 heteroatoms. The highest BCUT2D eigenvalue weighted by atomic mass is 35.5. The summed E-state index contributed by atoms with van der Waals surface area (Å²) in [6.07, 6.45) is 3.97. The zero-order valence-electron chi connectivity index (χ0n) is 11.5. The Kier molecular flexibility index (Phi) is 8.85. The summed E-state index contributed by atoms with van der Waals surface area (Å²) in [5, 5.41) is 3.28. The second kappa shape index (κ2) is 8.92. The van der Waals surface area contributed by atoms with Crippen LogP contribution in [0.2, 0.25) is 0 Å². The molecule has 5 nitrogen and oxygen atoms in total. The molecule has 0 amide bonds. The van der Waals surface area contributed by atoms with Crippen LogP contribution in [-0.4, -0.2) is 47.5 Å². The molecule has 1 aliphatic rings. The van der Waals surface area contributed by atoms with Crippen molar-refractivity contribution >= 4 is 22.4 Å². The van der Waals surface area contributed by atoms with Crippen LogP contribution < -0.4 is 10.0 Å². The predicted octanol–water partition coefficient (Wildman–Crippen LogP) is 0.920. The van der Waals surface area contributed by atoms with Crippen LogP contribution in [0.4, 0.5) is 0 Å². The summed E-state index contributed by atoms with van der Waals surface area (Å²) in [7, 11) is -1.53. The fraction of sp³-hybridized carbons (Fsp3) is 0.833. The Morgan fingerprint density at radius 3 is 2.58 bits per heavy atom. The van der Waals surface area contributed by atoms with E-state index in [-0.39, 0.29) is 23.6 Å². The minimum Gasteiger partial charge on any atom is -0.384 e. The van der Waals surface area contributed by atoms with Gasteiger partial charge in [0.25, 0.3) is 0 Å². The summed E-state index contributed by atoms with van der Waals surface area (Å²) in [5.41, 5.74) is -0.0682. The summed E-state index contributed by atoms with van der Waals surface area (Å²) in [5.74, 6) is 0.109. The van der Waals surface area contributed by atoms with Gasteiger partial charge >= 0.3 is 0 Å². The van der Waals surface area contributed by atoms with Crippen molar-refractivity contribution in [2.24, 2.45) is 5.41 Å². The largest absolute Gasteiger partial charge is 0.384 e. The number of hydrogen-bond acceptors (Lipinski definition) is 4. The van der Waals surface area contributed by atoms with E-state index in [1.165, 1.54) is 0 Å². The van der Waals surface area contributed by atoms with Crippen molar-refractivity contribution < 1.29 is 13.2 Å². The number of allylic oxidation sites excluding steroid dienone is 1. The van der Waals surface area contributed by atoms with Crippen LogP contribution in [0.3, 0.4) is 0 Å². The van der Waals surface area contributed by atoms with Crippen molar-refractivity contribution in [3.8, 4) is 0 Å². The summed E-state index contributed by atoms with van der Waals surface area (Å²) < 4.78 is 31.5. The van der Waals surface area contributed by atoms with Gasteiger partial charge in [0.05, 0.1) is 12.4 Å². The molecule has 1 rings (SSSR count). The molecule has 0 spiro atoms. The Balaban J connectivity index is 0.00000324. The Bertz CT molecular complexity index is 348. The maximum atomic E-state index is 11.8. The van der Waals surface area contributed by atoms with E-state index < -0.39 is 10.0 Å². The van der Waals surface area contributed by atoms with Gasteiger partial charge in [-0.1, -0.05) is 6.08 Å². The molecule has 0 unspecified atom stereocenters. The maximum absolute atomic E-state index is 11.8. The lowest BCUT2D eigenvalue weighted by molar-refractivity contribution is 0.0577. The number of piperidine rings is 1. The minimum atomic E-state index is -3.20. The van der Waals surface area contributed by atoms with Gasteiger partial charge in [0.15, 0.2) is 0 Å². The van der Waals surface area contributed by atoms with Gasteiger partial charge in [0, 0.05) is 19.1 Å². The highest BCUT2D eigenvalue weighted by Gasteiger charge is 2.33. The van der Waals surface area contributed by atoms with E-state index in [4.69, 9.17) is 4.74 Å². The summed E-state index contributed by atoms with van der Waals surface area (Å²) in [4.78, 5) is 0. The highest BCUT2D eigenvalue weighted by molar-refractivity contribution is 7.89. The van der Waals surface area contributed by atoms with Gasteiger partial charge in [-0.25, -0.2) is 13.1 Å². The number of nitrogens with one attached hydrogen (secondary N) is 2. The van der Waals surface area contributed by atoms with Crippen LogP contribution in [-0.2, 0) is 14.8 Å². The van der Waals surface area contributed by atoms with Crippen LogP contribution in [0.5, 0.6) is 0 Å². The van der Waals surface area contributed by atoms with Gasteiger partial charge in [0.2, 0.25) is 10.0 Å². The molecule has 0 radical (unpaired) electrons. The lowest BCUT2D eigenvalue weighted by atomic mass is 9.80. The molecule has 1 aliphatic heterocycles. The number of sulfonamides is 1. The smallest absolute Gasteiger partial charge is 0.211 e. The van der Waals surface area contributed by atoms with Crippen LogP contribution in [0.25, 0.3) is 0 Å². The predicted molar refractivity (Wildman–Crippen MR) is 80.3 cm³/mol. The monoisotopic (exact) mass is 312 g/mol. The molecule has 1 fully saturated rings. The van der Waals surface area contributed by atoms with Gasteiger partial charge in [-0.3, -0.25) is 0 Å². The Hall–Kier alpha value is -0.140. The quantitative estimate of drug-likeness (QED) is 0.654. The first kappa shape index (κ1) is 18.9. The summed E-state index contributed by atoms with van der Waals surface area (Å²) >= 11 is 0. The number of methoxy groups -OCH3 is 1. The molecule has 1 saturated heterocycles. The van der Waals surface area contributed by atoms with Crippen molar-refractivity contribution in [3.05, 3.63) is 12.7 Å². The first-order valence-electron chi connectivity index (χ1n) is 6.31. The van der Waals surface area contributed by atoms with E-state index in [0.29, 0.717) is 19.6 Å². The molecule has 0 aliphatic carbocycles. The van der Waals surface area contributed by atoms with E-state index in [9.17, 15) is 8.42 Å². The molecular weight excluding hydrogens is 288 g/mol. The third kappa shape index (κ3) is 6.72. The first-order chi connectivity index (χ1) is 8.54. The molecule has 114 valence electrons. The van der Waals surface area contributed by atoms with Gasteiger partial charge in [-0.05, 0) is 32.4 Å². The van der Waals surface area contributed by atoms with Crippen LogP contribution in [0, 0.1) is 5.41 Å². The molecule has 0 aromatic heterocycles. The van der Waals surface area contributed by atoms with Gasteiger partial charge < -0.3 is 10.1 Å². The van der Waals surface area contributed by atoms with Crippen LogP contribution >= 0.6 is 12.4 Å². The van der Waals surface area contributed by atoms with E-state index in [0.717, 1.165) is 25.9 Å². The normalized spacial score (nSPS) is 18.6. The lowest BCUT2D eigenvalue weighted by Gasteiger charge is -2.37. The van der Waals surface area contributed by atoms with Crippen molar-refractivity contribution in [2.45, 2.75) is 19.3 Å².